The van der Waals surface area contributed by atoms with Crippen molar-refractivity contribution < 1.29 is 14.3 Å². The number of aromatic nitrogens is 8. The number of nitrogens with one attached hydrogen (secondary N) is 2. The number of ether oxygens (including phenoxy) is 2. The summed E-state index contributed by atoms with van der Waals surface area (Å²) in [5.74, 6) is 0.472. The smallest absolute Gasteiger partial charge is 0.407 e. The Balaban J connectivity index is 1.60. The number of alkyl carbamates (subject to hydrolysis) is 1. The molecule has 0 saturated heterocycles. The van der Waals surface area contributed by atoms with Gasteiger partial charge in [0.2, 0.25) is 5.88 Å². The molecule has 1 fully saturated rings. The second-order valence-electron chi connectivity index (χ2n) is 10.1. The molecule has 13 heteroatoms. The number of carbonyl (C=O) groups excluding carboxylic acids is 1. The number of carbonyl (C=O) groups is 1. The molecule has 2 N–H and O–H groups in total. The van der Waals surface area contributed by atoms with Crippen molar-refractivity contribution in [2.45, 2.75) is 31.3 Å². The highest BCUT2D eigenvalue weighted by atomic mass is 16.5. The zero-order valence-corrected chi connectivity index (χ0v) is 23.0. The highest BCUT2D eigenvalue weighted by molar-refractivity contribution is 6.10. The van der Waals surface area contributed by atoms with Crippen LogP contribution in [0.1, 0.15) is 36.4 Å². The minimum absolute atomic E-state index is 0.0803. The Morgan fingerprint density at radius 1 is 1.12 bits per heavy atom. The van der Waals surface area contributed by atoms with Crippen LogP contribution in [0.4, 0.5) is 4.79 Å². The largest absolute Gasteiger partial charge is 0.479 e. The fourth-order valence-corrected chi connectivity index (χ4v) is 5.76. The molecular formula is C27H31N9O4. The van der Waals surface area contributed by atoms with Crippen LogP contribution < -0.4 is 15.7 Å². The van der Waals surface area contributed by atoms with E-state index in [9.17, 15) is 9.59 Å². The summed E-state index contributed by atoms with van der Waals surface area (Å²) in [7, 11) is 8.40. The van der Waals surface area contributed by atoms with Gasteiger partial charge in [-0.05, 0) is 19.3 Å². The van der Waals surface area contributed by atoms with Crippen molar-refractivity contribution in [3.05, 3.63) is 46.4 Å². The molecule has 5 heterocycles. The minimum Gasteiger partial charge on any atom is -0.479 e. The van der Waals surface area contributed by atoms with Crippen molar-refractivity contribution in [3.63, 3.8) is 0 Å². The van der Waals surface area contributed by atoms with E-state index in [1.54, 1.807) is 40.5 Å². The molecule has 0 spiro atoms. The molecule has 0 unspecified atom stereocenters. The molecule has 0 aliphatic heterocycles. The Bertz CT molecular complexity index is 1830. The first-order valence-corrected chi connectivity index (χ1v) is 13.0. The molecule has 1 aliphatic carbocycles. The number of methoxy groups -OCH3 is 2. The van der Waals surface area contributed by atoms with E-state index in [0.29, 0.717) is 17.9 Å². The lowest BCUT2D eigenvalue weighted by molar-refractivity contribution is 0.166. The summed E-state index contributed by atoms with van der Waals surface area (Å²) in [4.78, 5) is 33.7. The van der Waals surface area contributed by atoms with Crippen molar-refractivity contribution in [2.24, 2.45) is 21.1 Å². The van der Waals surface area contributed by atoms with Gasteiger partial charge in [-0.15, -0.1) is 5.10 Å². The van der Waals surface area contributed by atoms with Crippen molar-refractivity contribution in [1.82, 2.24) is 44.0 Å². The van der Waals surface area contributed by atoms with E-state index in [1.165, 1.54) is 7.11 Å². The Hall–Kier alpha value is -4.81. The quantitative estimate of drug-likeness (QED) is 0.334. The average molecular weight is 546 g/mol. The van der Waals surface area contributed by atoms with Gasteiger partial charge in [0.15, 0.2) is 0 Å². The van der Waals surface area contributed by atoms with Crippen molar-refractivity contribution >= 4 is 40.3 Å². The van der Waals surface area contributed by atoms with Crippen LogP contribution in [0.3, 0.4) is 0 Å². The third-order valence-electron chi connectivity index (χ3n) is 7.61. The normalized spacial score (nSPS) is 17.4. The number of nitrogens with zero attached hydrogens (tertiary/aromatic N) is 7. The number of hydrogen-bond donors (Lipinski definition) is 2. The molecule has 5 aromatic heterocycles. The van der Waals surface area contributed by atoms with Crippen LogP contribution in [0.25, 0.3) is 45.5 Å². The van der Waals surface area contributed by atoms with Crippen LogP contribution >= 0.6 is 0 Å². The Morgan fingerprint density at radius 3 is 2.67 bits per heavy atom. The molecule has 5 aromatic rings. The second kappa shape index (κ2) is 9.74. The maximum absolute atomic E-state index is 13.7. The van der Waals surface area contributed by atoms with Crippen LogP contribution in [-0.4, -0.2) is 65.0 Å². The van der Waals surface area contributed by atoms with Gasteiger partial charge in [-0.2, -0.15) is 5.10 Å². The number of aromatic amines is 1. The molecule has 0 bridgehead atoms. The SMILES string of the molecule is COC(=O)N[C@@H]1CC[C@@H](n2c(=O)n(C)c3cnc4[nH]c(-c5cn(C)nc5OC)c(/C=C/c5cnn(C)c5)c4c32)C1. The summed E-state index contributed by atoms with van der Waals surface area (Å²) in [5, 5.41) is 12.4. The van der Waals surface area contributed by atoms with Gasteiger partial charge in [-0.3, -0.25) is 18.5 Å². The molecule has 2 atom stereocenters. The summed E-state index contributed by atoms with van der Waals surface area (Å²) in [5.41, 5.74) is 5.36. The number of fused-ring (bicyclic) bond motifs is 3. The number of rotatable bonds is 6. The molecule has 0 radical (unpaired) electrons. The first-order valence-electron chi connectivity index (χ1n) is 13.0. The summed E-state index contributed by atoms with van der Waals surface area (Å²) >= 11 is 0. The van der Waals surface area contributed by atoms with Gasteiger partial charge in [0.05, 0.1) is 54.3 Å². The molecule has 13 nitrogen and oxygen atoms in total. The van der Waals surface area contributed by atoms with Crippen LogP contribution in [0, 0.1) is 0 Å². The molecule has 40 heavy (non-hydrogen) atoms. The summed E-state index contributed by atoms with van der Waals surface area (Å²) < 4.78 is 17.3. The zero-order chi connectivity index (χ0) is 28.1. The lowest BCUT2D eigenvalue weighted by atomic mass is 10.1. The number of aryl methyl sites for hydroxylation is 3. The number of pyridine rings is 1. The fraction of sp³-hybridized carbons (Fsp3) is 0.370. The van der Waals surface area contributed by atoms with Crippen molar-refractivity contribution in [3.8, 4) is 17.1 Å². The number of amides is 1. The predicted molar refractivity (Wildman–Crippen MR) is 150 cm³/mol. The predicted octanol–water partition coefficient (Wildman–Crippen LogP) is 2.98. The summed E-state index contributed by atoms with van der Waals surface area (Å²) in [6.07, 6.45) is 13.0. The number of hydrogen-bond acceptors (Lipinski definition) is 7. The second-order valence-corrected chi connectivity index (χ2v) is 10.1. The lowest BCUT2D eigenvalue weighted by Crippen LogP contribution is -2.33. The number of imidazole rings is 1. The van der Waals surface area contributed by atoms with Gasteiger partial charge in [0.1, 0.15) is 5.65 Å². The number of H-pyrrole nitrogens is 1. The van der Waals surface area contributed by atoms with E-state index in [4.69, 9.17) is 14.5 Å². The third kappa shape index (κ3) is 4.14. The van der Waals surface area contributed by atoms with E-state index >= 15 is 0 Å². The molecule has 1 aliphatic rings. The molecule has 6 rings (SSSR count). The molecule has 1 saturated carbocycles. The van der Waals surface area contributed by atoms with Crippen LogP contribution in [0.2, 0.25) is 0 Å². The van der Waals surface area contributed by atoms with E-state index in [-0.39, 0.29) is 17.8 Å². The Kier molecular flexibility index (Phi) is 6.20. The van der Waals surface area contributed by atoms with E-state index in [1.807, 2.05) is 43.2 Å². The van der Waals surface area contributed by atoms with Crippen LogP contribution in [0.15, 0.2) is 29.6 Å². The van der Waals surface area contributed by atoms with E-state index in [2.05, 4.69) is 20.5 Å². The van der Waals surface area contributed by atoms with E-state index in [0.717, 1.165) is 51.6 Å². The van der Waals surface area contributed by atoms with E-state index < -0.39 is 6.09 Å². The Morgan fingerprint density at radius 2 is 1.95 bits per heavy atom. The maximum atomic E-state index is 13.7. The minimum atomic E-state index is -0.467. The first-order chi connectivity index (χ1) is 19.3. The van der Waals surface area contributed by atoms with Gasteiger partial charge >= 0.3 is 11.8 Å². The first kappa shape index (κ1) is 25.5. The highest BCUT2D eigenvalue weighted by Crippen LogP contribution is 2.40. The van der Waals surface area contributed by atoms with Crippen molar-refractivity contribution in [2.75, 3.05) is 14.2 Å². The van der Waals surface area contributed by atoms with Gasteiger partial charge in [0.25, 0.3) is 0 Å². The standard InChI is InChI=1S/C27H31N9O4/c1-33-13-15(11-29-33)6-9-18-21-23-20(12-28-24(21)31-22(18)19-14-34(2)32-25(19)39-4)35(3)27(38)36(23)17-8-7-16(10-17)30-26(37)40-5/h6,9,11-14,16-17H,7-8,10H2,1-5H3,(H,28,31)(H,30,37)/b9-6+/t16-,17-/m1/s1. The van der Waals surface area contributed by atoms with Crippen LogP contribution in [-0.2, 0) is 25.9 Å². The third-order valence-corrected chi connectivity index (χ3v) is 7.61. The summed E-state index contributed by atoms with van der Waals surface area (Å²) in [6, 6.07) is -0.186. The molecule has 208 valence electrons. The lowest BCUT2D eigenvalue weighted by Gasteiger charge is -2.14. The van der Waals surface area contributed by atoms with Gasteiger partial charge in [-0.25, -0.2) is 14.6 Å². The molecular weight excluding hydrogens is 514 g/mol. The van der Waals surface area contributed by atoms with Gasteiger partial charge in [0, 0.05) is 56.7 Å². The van der Waals surface area contributed by atoms with Crippen LogP contribution in [0.5, 0.6) is 5.88 Å². The maximum Gasteiger partial charge on any atom is 0.407 e. The summed E-state index contributed by atoms with van der Waals surface area (Å²) in [6.45, 7) is 0. The molecule has 0 aromatic carbocycles. The average Bonchev–Trinajstić information content (AvgIpc) is 3.75. The highest BCUT2D eigenvalue weighted by Gasteiger charge is 2.32. The monoisotopic (exact) mass is 545 g/mol. The topological polar surface area (TPSA) is 139 Å². The van der Waals surface area contributed by atoms with Crippen molar-refractivity contribution in [1.29, 1.82) is 0 Å². The fourth-order valence-electron chi connectivity index (χ4n) is 5.76. The zero-order valence-electron chi connectivity index (χ0n) is 23.0. The van der Waals surface area contributed by atoms with Gasteiger partial charge < -0.3 is 19.8 Å². The molecule has 1 amide bonds. The van der Waals surface area contributed by atoms with Gasteiger partial charge in [-0.1, -0.05) is 12.2 Å². The Labute approximate surface area is 229 Å².